The molecule has 0 saturated carbocycles. The predicted octanol–water partition coefficient (Wildman–Crippen LogP) is 0.921. The van der Waals surface area contributed by atoms with Gasteiger partial charge in [0.25, 0.3) is 0 Å². The molecule has 1 atom stereocenters. The first kappa shape index (κ1) is 15.5. The molecule has 2 aliphatic heterocycles. The van der Waals surface area contributed by atoms with Crippen LogP contribution in [-0.2, 0) is 9.59 Å². The zero-order valence-corrected chi connectivity index (χ0v) is 13.0. The molecule has 1 unspecified atom stereocenters. The van der Waals surface area contributed by atoms with E-state index >= 15 is 0 Å². The highest BCUT2D eigenvalue weighted by atomic mass is 16.7. The number of ether oxygens (including phenoxy) is 3. The number of hydrogen-bond donors (Lipinski definition) is 1. The molecule has 7 heteroatoms. The second kappa shape index (κ2) is 6.76. The number of rotatable bonds is 5. The summed E-state index contributed by atoms with van der Waals surface area (Å²) < 4.78 is 16.1. The van der Waals surface area contributed by atoms with E-state index in [1.54, 1.807) is 23.1 Å². The van der Waals surface area contributed by atoms with Crippen LogP contribution in [0.3, 0.4) is 0 Å². The van der Waals surface area contributed by atoms with Gasteiger partial charge in [0, 0.05) is 19.5 Å². The van der Waals surface area contributed by atoms with Crippen LogP contribution >= 0.6 is 0 Å². The van der Waals surface area contributed by atoms with Crippen molar-refractivity contribution in [1.29, 1.82) is 0 Å². The molecule has 1 aromatic carbocycles. The second-order valence-electron chi connectivity index (χ2n) is 5.52. The number of benzene rings is 1. The minimum absolute atomic E-state index is 0.0562. The first-order valence-electron chi connectivity index (χ1n) is 7.72. The van der Waals surface area contributed by atoms with Gasteiger partial charge in [-0.15, -0.1) is 0 Å². The third-order valence-corrected chi connectivity index (χ3v) is 3.97. The monoisotopic (exact) mass is 320 g/mol. The van der Waals surface area contributed by atoms with Gasteiger partial charge in [-0.1, -0.05) is 0 Å². The van der Waals surface area contributed by atoms with Gasteiger partial charge in [0.15, 0.2) is 11.5 Å². The van der Waals surface area contributed by atoms with Crippen molar-refractivity contribution in [2.45, 2.75) is 25.8 Å². The number of hydrogen-bond acceptors (Lipinski definition) is 5. The van der Waals surface area contributed by atoms with Gasteiger partial charge >= 0.3 is 0 Å². The van der Waals surface area contributed by atoms with Gasteiger partial charge in [0.2, 0.25) is 18.6 Å². The summed E-state index contributed by atoms with van der Waals surface area (Å²) in [6.45, 7) is 3.10. The molecular formula is C16H20N2O5. The quantitative estimate of drug-likeness (QED) is 0.817. The van der Waals surface area contributed by atoms with Crippen molar-refractivity contribution in [2.24, 2.45) is 0 Å². The smallest absolute Gasteiger partial charge is 0.242 e. The lowest BCUT2D eigenvalue weighted by Gasteiger charge is -2.22. The maximum absolute atomic E-state index is 12.1. The van der Waals surface area contributed by atoms with Crippen LogP contribution < -0.4 is 19.5 Å². The van der Waals surface area contributed by atoms with Gasteiger partial charge < -0.3 is 24.4 Å². The van der Waals surface area contributed by atoms with Gasteiger partial charge in [-0.25, -0.2) is 0 Å². The molecule has 23 heavy (non-hydrogen) atoms. The van der Waals surface area contributed by atoms with Crippen LogP contribution in [0.2, 0.25) is 0 Å². The molecule has 0 aliphatic carbocycles. The summed E-state index contributed by atoms with van der Waals surface area (Å²) in [5.41, 5.74) is 0. The Kier molecular flexibility index (Phi) is 4.55. The maximum atomic E-state index is 12.1. The standard InChI is InChI=1S/C16H20N2O5/c1-11(19)18-7-2-3-13(18)16(20)17-6-8-21-12-4-5-14-15(9-12)23-10-22-14/h4-5,9,13H,2-3,6-8,10H2,1H3,(H,17,20). The Labute approximate surface area is 134 Å². The van der Waals surface area contributed by atoms with Crippen LogP contribution in [0.15, 0.2) is 18.2 Å². The van der Waals surface area contributed by atoms with Gasteiger partial charge in [0.05, 0.1) is 6.54 Å². The van der Waals surface area contributed by atoms with E-state index in [9.17, 15) is 9.59 Å². The molecule has 0 bridgehead atoms. The van der Waals surface area contributed by atoms with E-state index in [0.717, 1.165) is 6.42 Å². The van der Waals surface area contributed by atoms with Crippen molar-refractivity contribution in [2.75, 3.05) is 26.5 Å². The summed E-state index contributed by atoms with van der Waals surface area (Å²) in [6, 6.07) is 5.00. The third kappa shape index (κ3) is 3.49. The highest BCUT2D eigenvalue weighted by molar-refractivity contribution is 5.87. The van der Waals surface area contributed by atoms with Crippen LogP contribution in [0.25, 0.3) is 0 Å². The minimum Gasteiger partial charge on any atom is -0.492 e. The minimum atomic E-state index is -0.349. The first-order chi connectivity index (χ1) is 11.1. The lowest BCUT2D eigenvalue weighted by molar-refractivity contribution is -0.136. The Hall–Kier alpha value is -2.44. The lowest BCUT2D eigenvalue weighted by atomic mass is 10.2. The predicted molar refractivity (Wildman–Crippen MR) is 81.5 cm³/mol. The summed E-state index contributed by atoms with van der Waals surface area (Å²) in [5, 5.41) is 2.82. The van der Waals surface area contributed by atoms with E-state index in [2.05, 4.69) is 5.32 Å². The van der Waals surface area contributed by atoms with Crippen molar-refractivity contribution in [3.05, 3.63) is 18.2 Å². The zero-order chi connectivity index (χ0) is 16.2. The van der Waals surface area contributed by atoms with E-state index in [1.165, 1.54) is 6.92 Å². The van der Waals surface area contributed by atoms with E-state index in [0.29, 0.717) is 43.4 Å². The summed E-state index contributed by atoms with van der Waals surface area (Å²) in [5.74, 6) is 1.85. The van der Waals surface area contributed by atoms with E-state index in [4.69, 9.17) is 14.2 Å². The Morgan fingerprint density at radius 1 is 1.35 bits per heavy atom. The molecule has 0 spiro atoms. The molecule has 1 N–H and O–H groups in total. The maximum Gasteiger partial charge on any atom is 0.242 e. The van der Waals surface area contributed by atoms with Gasteiger partial charge in [-0.3, -0.25) is 9.59 Å². The molecule has 2 heterocycles. The number of likely N-dealkylation sites (tertiary alicyclic amines) is 1. The van der Waals surface area contributed by atoms with Crippen molar-refractivity contribution in [1.82, 2.24) is 10.2 Å². The van der Waals surface area contributed by atoms with Crippen LogP contribution in [0.5, 0.6) is 17.2 Å². The summed E-state index contributed by atoms with van der Waals surface area (Å²) in [4.78, 5) is 25.2. The van der Waals surface area contributed by atoms with Gasteiger partial charge in [-0.2, -0.15) is 0 Å². The molecule has 2 aliphatic rings. The Balaban J connectivity index is 1.43. The third-order valence-electron chi connectivity index (χ3n) is 3.97. The topological polar surface area (TPSA) is 77.1 Å². The Bertz CT molecular complexity index is 604. The SMILES string of the molecule is CC(=O)N1CCCC1C(=O)NCCOc1ccc2c(c1)OCO2. The summed E-state index contributed by atoms with van der Waals surface area (Å²) in [7, 11) is 0. The van der Waals surface area contributed by atoms with Crippen molar-refractivity contribution < 1.29 is 23.8 Å². The largest absolute Gasteiger partial charge is 0.492 e. The normalized spacial score (nSPS) is 18.8. The lowest BCUT2D eigenvalue weighted by Crippen LogP contribution is -2.46. The molecular weight excluding hydrogens is 300 g/mol. The van der Waals surface area contributed by atoms with Crippen LogP contribution in [0.1, 0.15) is 19.8 Å². The van der Waals surface area contributed by atoms with Crippen molar-refractivity contribution >= 4 is 11.8 Å². The molecule has 7 nitrogen and oxygen atoms in total. The number of carbonyl (C=O) groups excluding carboxylic acids is 2. The number of carbonyl (C=O) groups is 2. The summed E-state index contributed by atoms with van der Waals surface area (Å²) >= 11 is 0. The van der Waals surface area contributed by atoms with E-state index < -0.39 is 0 Å². The second-order valence-corrected chi connectivity index (χ2v) is 5.52. The van der Waals surface area contributed by atoms with Crippen LogP contribution in [0.4, 0.5) is 0 Å². The average Bonchev–Trinajstić information content (AvgIpc) is 3.19. The highest BCUT2D eigenvalue weighted by Crippen LogP contribution is 2.34. The molecule has 1 aromatic rings. The fourth-order valence-corrected chi connectivity index (χ4v) is 2.84. The molecule has 2 amide bonds. The summed E-state index contributed by atoms with van der Waals surface area (Å²) in [6.07, 6.45) is 1.58. The average molecular weight is 320 g/mol. The number of fused-ring (bicyclic) bond motifs is 1. The van der Waals surface area contributed by atoms with Crippen LogP contribution in [-0.4, -0.2) is 49.2 Å². The highest BCUT2D eigenvalue weighted by Gasteiger charge is 2.31. The first-order valence-corrected chi connectivity index (χ1v) is 7.72. The number of amides is 2. The van der Waals surface area contributed by atoms with Crippen LogP contribution in [0, 0.1) is 0 Å². The Morgan fingerprint density at radius 3 is 3.00 bits per heavy atom. The molecule has 124 valence electrons. The van der Waals surface area contributed by atoms with Crippen molar-refractivity contribution in [3.63, 3.8) is 0 Å². The number of nitrogens with one attached hydrogen (secondary N) is 1. The zero-order valence-electron chi connectivity index (χ0n) is 13.0. The molecule has 0 radical (unpaired) electrons. The fourth-order valence-electron chi connectivity index (χ4n) is 2.84. The molecule has 0 aromatic heterocycles. The van der Waals surface area contributed by atoms with Gasteiger partial charge in [0.1, 0.15) is 18.4 Å². The number of nitrogens with zero attached hydrogens (tertiary/aromatic N) is 1. The molecule has 1 saturated heterocycles. The van der Waals surface area contributed by atoms with E-state index in [-0.39, 0.29) is 24.6 Å². The fraction of sp³-hybridized carbons (Fsp3) is 0.500. The van der Waals surface area contributed by atoms with Gasteiger partial charge in [-0.05, 0) is 25.0 Å². The molecule has 1 fully saturated rings. The van der Waals surface area contributed by atoms with Crippen molar-refractivity contribution in [3.8, 4) is 17.2 Å². The molecule has 3 rings (SSSR count). The Morgan fingerprint density at radius 2 is 2.17 bits per heavy atom. The van der Waals surface area contributed by atoms with E-state index in [1.807, 2.05) is 0 Å².